The lowest BCUT2D eigenvalue weighted by Gasteiger charge is -2.37. The Morgan fingerprint density at radius 3 is 2.79 bits per heavy atom. The van der Waals surface area contributed by atoms with Crippen LogP contribution in [0, 0.1) is 12.3 Å². The number of nitrogens with zero attached hydrogens (tertiary/aromatic N) is 3. The van der Waals surface area contributed by atoms with Crippen LogP contribution in [0.4, 0.5) is 0 Å². The van der Waals surface area contributed by atoms with Gasteiger partial charge in [0, 0.05) is 55.8 Å². The molecule has 0 bridgehead atoms. The monoisotopic (exact) mass is 345 g/mol. The number of amides is 1. The zero-order valence-electron chi connectivity index (χ0n) is 14.2. The van der Waals surface area contributed by atoms with Gasteiger partial charge >= 0.3 is 0 Å². The summed E-state index contributed by atoms with van der Waals surface area (Å²) in [4.78, 5) is 17.0. The number of thiophene rings is 1. The van der Waals surface area contributed by atoms with Crippen LogP contribution < -0.4 is 0 Å². The Hall–Kier alpha value is -1.66. The molecule has 2 aromatic heterocycles. The van der Waals surface area contributed by atoms with Gasteiger partial charge in [0.05, 0.1) is 11.1 Å². The van der Waals surface area contributed by atoms with E-state index in [1.54, 1.807) is 11.3 Å². The molecule has 128 valence electrons. The number of rotatable bonds is 2. The van der Waals surface area contributed by atoms with Gasteiger partial charge in [-0.25, -0.2) is 0 Å². The minimum atomic E-state index is 0.128. The standard InChI is InChI=1S/C18H23N3O2S/c1-13-3-4-16(24-13)17(22)21-11-15(14-9-19-20(2)10-14)18(12-21)5-7-23-8-6-18/h3-4,9-10,15H,5-8,11-12H2,1-2H3/t15-/m1/s1. The number of likely N-dealkylation sites (tertiary alicyclic amines) is 1. The van der Waals surface area contributed by atoms with E-state index in [1.165, 1.54) is 10.4 Å². The Kier molecular flexibility index (Phi) is 3.96. The maximum Gasteiger partial charge on any atom is 0.263 e. The molecule has 0 N–H and O–H groups in total. The third-order valence-electron chi connectivity index (χ3n) is 5.50. The van der Waals surface area contributed by atoms with Crippen molar-refractivity contribution < 1.29 is 9.53 Å². The molecule has 1 atom stereocenters. The normalized spacial score (nSPS) is 23.1. The van der Waals surface area contributed by atoms with Gasteiger partial charge in [-0.3, -0.25) is 9.48 Å². The summed E-state index contributed by atoms with van der Waals surface area (Å²) in [6.45, 7) is 5.23. The average Bonchev–Trinajstić information content (AvgIpc) is 3.27. The van der Waals surface area contributed by atoms with Crippen LogP contribution in [-0.4, -0.2) is 46.9 Å². The maximum atomic E-state index is 13.0. The fourth-order valence-corrected chi connectivity index (χ4v) is 5.03. The first-order valence-electron chi connectivity index (χ1n) is 8.49. The van der Waals surface area contributed by atoms with Crippen molar-refractivity contribution in [1.29, 1.82) is 0 Å². The number of aromatic nitrogens is 2. The molecule has 0 radical (unpaired) electrons. The van der Waals surface area contributed by atoms with Gasteiger partial charge in [-0.2, -0.15) is 5.10 Å². The number of carbonyl (C=O) groups excluding carboxylic acids is 1. The van der Waals surface area contributed by atoms with E-state index >= 15 is 0 Å². The lowest BCUT2D eigenvalue weighted by atomic mass is 9.70. The highest BCUT2D eigenvalue weighted by atomic mass is 32.1. The molecule has 2 aliphatic rings. The van der Waals surface area contributed by atoms with Crippen LogP contribution in [0.15, 0.2) is 24.5 Å². The molecule has 2 saturated heterocycles. The summed E-state index contributed by atoms with van der Waals surface area (Å²) in [5, 5.41) is 4.35. The van der Waals surface area contributed by atoms with Crippen LogP contribution in [-0.2, 0) is 11.8 Å². The zero-order chi connectivity index (χ0) is 16.7. The van der Waals surface area contributed by atoms with E-state index in [9.17, 15) is 4.79 Å². The van der Waals surface area contributed by atoms with Crippen molar-refractivity contribution in [2.24, 2.45) is 12.5 Å². The second kappa shape index (κ2) is 6.01. The molecule has 5 nitrogen and oxygen atoms in total. The molecule has 6 heteroatoms. The summed E-state index contributed by atoms with van der Waals surface area (Å²) in [5.41, 5.74) is 1.38. The molecule has 24 heavy (non-hydrogen) atoms. The van der Waals surface area contributed by atoms with Gasteiger partial charge in [-0.15, -0.1) is 11.3 Å². The summed E-state index contributed by atoms with van der Waals surface area (Å²) in [6, 6.07) is 3.98. The number of hydrogen-bond acceptors (Lipinski definition) is 4. The van der Waals surface area contributed by atoms with Crippen molar-refractivity contribution in [3.05, 3.63) is 39.8 Å². The topological polar surface area (TPSA) is 47.4 Å². The molecule has 0 unspecified atom stereocenters. The SMILES string of the molecule is Cc1ccc(C(=O)N2C[C@H](c3cnn(C)c3)C3(CCOCC3)C2)s1. The predicted octanol–water partition coefficient (Wildman–Crippen LogP) is 2.83. The van der Waals surface area contributed by atoms with E-state index in [1.807, 2.05) is 41.9 Å². The van der Waals surface area contributed by atoms with Crippen LogP contribution in [0.5, 0.6) is 0 Å². The first-order chi connectivity index (χ1) is 11.6. The fourth-order valence-electron chi connectivity index (χ4n) is 4.19. The Bertz CT molecular complexity index is 745. The zero-order valence-corrected chi connectivity index (χ0v) is 15.0. The molecule has 0 aromatic carbocycles. The number of hydrogen-bond donors (Lipinski definition) is 0. The maximum absolute atomic E-state index is 13.0. The van der Waals surface area contributed by atoms with Gasteiger partial charge in [-0.1, -0.05) is 0 Å². The van der Waals surface area contributed by atoms with Crippen LogP contribution >= 0.6 is 11.3 Å². The summed E-state index contributed by atoms with van der Waals surface area (Å²) >= 11 is 1.59. The molecule has 0 saturated carbocycles. The molecular weight excluding hydrogens is 322 g/mol. The smallest absolute Gasteiger partial charge is 0.263 e. The Morgan fingerprint density at radius 2 is 2.17 bits per heavy atom. The van der Waals surface area contributed by atoms with E-state index in [-0.39, 0.29) is 11.3 Å². The third-order valence-corrected chi connectivity index (χ3v) is 6.49. The molecule has 0 aliphatic carbocycles. The highest BCUT2D eigenvalue weighted by molar-refractivity contribution is 7.13. The predicted molar refractivity (Wildman–Crippen MR) is 93.4 cm³/mol. The van der Waals surface area contributed by atoms with Gasteiger partial charge < -0.3 is 9.64 Å². The molecule has 1 spiro atoms. The van der Waals surface area contributed by atoms with Gasteiger partial charge in [0.2, 0.25) is 0 Å². The van der Waals surface area contributed by atoms with E-state index in [2.05, 4.69) is 11.3 Å². The molecule has 4 rings (SSSR count). The summed E-state index contributed by atoms with van der Waals surface area (Å²) in [6.07, 6.45) is 6.09. The minimum absolute atomic E-state index is 0.128. The van der Waals surface area contributed by atoms with E-state index in [0.717, 1.165) is 44.0 Å². The summed E-state index contributed by atoms with van der Waals surface area (Å²) in [7, 11) is 1.95. The van der Waals surface area contributed by atoms with Crippen molar-refractivity contribution in [3.8, 4) is 0 Å². The first kappa shape index (κ1) is 15.8. The molecule has 4 heterocycles. The lowest BCUT2D eigenvalue weighted by molar-refractivity contribution is 0.0121. The highest BCUT2D eigenvalue weighted by Gasteiger charge is 2.49. The van der Waals surface area contributed by atoms with Crippen LogP contribution in [0.1, 0.15) is 38.9 Å². The number of aryl methyl sites for hydroxylation is 2. The fraction of sp³-hybridized carbons (Fsp3) is 0.556. The molecular formula is C18H23N3O2S. The number of ether oxygens (including phenoxy) is 1. The van der Waals surface area contributed by atoms with Crippen molar-refractivity contribution in [2.45, 2.75) is 25.7 Å². The van der Waals surface area contributed by atoms with Crippen LogP contribution in [0.25, 0.3) is 0 Å². The van der Waals surface area contributed by atoms with Crippen molar-refractivity contribution in [2.75, 3.05) is 26.3 Å². The summed E-state index contributed by atoms with van der Waals surface area (Å²) in [5.74, 6) is 0.519. The van der Waals surface area contributed by atoms with E-state index in [0.29, 0.717) is 5.92 Å². The van der Waals surface area contributed by atoms with Gasteiger partial charge in [-0.05, 0) is 37.5 Å². The van der Waals surface area contributed by atoms with Crippen molar-refractivity contribution in [3.63, 3.8) is 0 Å². The Morgan fingerprint density at radius 1 is 1.38 bits per heavy atom. The van der Waals surface area contributed by atoms with Crippen LogP contribution in [0.3, 0.4) is 0 Å². The van der Waals surface area contributed by atoms with Gasteiger partial charge in [0.1, 0.15) is 0 Å². The summed E-state index contributed by atoms with van der Waals surface area (Å²) < 4.78 is 7.46. The lowest BCUT2D eigenvalue weighted by Crippen LogP contribution is -2.37. The highest BCUT2D eigenvalue weighted by Crippen LogP contribution is 2.49. The quantitative estimate of drug-likeness (QED) is 0.841. The Balaban J connectivity index is 1.64. The van der Waals surface area contributed by atoms with Gasteiger partial charge in [0.25, 0.3) is 5.91 Å². The molecule has 2 aliphatic heterocycles. The third kappa shape index (κ3) is 2.67. The Labute approximate surface area is 146 Å². The van der Waals surface area contributed by atoms with Crippen LogP contribution in [0.2, 0.25) is 0 Å². The molecule has 2 fully saturated rings. The molecule has 1 amide bonds. The van der Waals surface area contributed by atoms with E-state index in [4.69, 9.17) is 4.74 Å². The second-order valence-electron chi connectivity index (χ2n) is 7.07. The minimum Gasteiger partial charge on any atom is -0.381 e. The average molecular weight is 345 g/mol. The first-order valence-corrected chi connectivity index (χ1v) is 9.31. The largest absolute Gasteiger partial charge is 0.381 e. The van der Waals surface area contributed by atoms with Gasteiger partial charge in [0.15, 0.2) is 0 Å². The van der Waals surface area contributed by atoms with E-state index < -0.39 is 0 Å². The molecule has 2 aromatic rings. The second-order valence-corrected chi connectivity index (χ2v) is 8.36. The van der Waals surface area contributed by atoms with Crippen molar-refractivity contribution in [1.82, 2.24) is 14.7 Å². The number of carbonyl (C=O) groups is 1. The van der Waals surface area contributed by atoms with Crippen molar-refractivity contribution >= 4 is 17.2 Å².